The van der Waals surface area contributed by atoms with E-state index in [-0.39, 0.29) is 24.6 Å². The number of carbonyl (C=O) groups excluding carboxylic acids is 1. The molecule has 0 aromatic heterocycles. The highest BCUT2D eigenvalue weighted by molar-refractivity contribution is 6.30. The van der Waals surface area contributed by atoms with Gasteiger partial charge in [0, 0.05) is 23.7 Å². The molecule has 2 rings (SSSR count). The summed E-state index contributed by atoms with van der Waals surface area (Å²) in [5, 5.41) is 0.594. The third kappa shape index (κ3) is 2.94. The molecule has 5 heteroatoms. The molecular formula is C13H17ClN2O2. The van der Waals surface area contributed by atoms with E-state index < -0.39 is 0 Å². The highest BCUT2D eigenvalue weighted by atomic mass is 35.5. The van der Waals surface area contributed by atoms with Crippen molar-refractivity contribution in [1.82, 2.24) is 4.90 Å². The minimum atomic E-state index is -0.0320. The lowest BCUT2D eigenvalue weighted by Gasteiger charge is -2.23. The van der Waals surface area contributed by atoms with Crippen molar-refractivity contribution < 1.29 is 9.53 Å². The molecule has 1 fully saturated rings. The van der Waals surface area contributed by atoms with Crippen LogP contribution >= 0.6 is 11.6 Å². The van der Waals surface area contributed by atoms with E-state index in [1.54, 1.807) is 29.2 Å². The molecular weight excluding hydrogens is 252 g/mol. The number of amides is 1. The zero-order valence-corrected chi connectivity index (χ0v) is 11.1. The first-order chi connectivity index (χ1) is 8.58. The van der Waals surface area contributed by atoms with E-state index in [0.29, 0.717) is 17.3 Å². The van der Waals surface area contributed by atoms with Gasteiger partial charge in [-0.3, -0.25) is 4.79 Å². The molecule has 4 nitrogen and oxygen atoms in total. The van der Waals surface area contributed by atoms with E-state index in [0.717, 1.165) is 6.42 Å². The second-order valence-corrected chi connectivity index (χ2v) is 4.96. The average Bonchev–Trinajstić information content (AvgIpc) is 2.67. The van der Waals surface area contributed by atoms with Gasteiger partial charge in [0.05, 0.1) is 0 Å². The van der Waals surface area contributed by atoms with Crippen molar-refractivity contribution in [3.8, 4) is 5.75 Å². The van der Waals surface area contributed by atoms with Crippen LogP contribution in [-0.2, 0) is 4.79 Å². The summed E-state index contributed by atoms with van der Waals surface area (Å²) in [5.74, 6) is 0.572. The lowest BCUT2D eigenvalue weighted by molar-refractivity contribution is -0.134. The number of halogens is 1. The van der Waals surface area contributed by atoms with E-state index in [2.05, 4.69) is 0 Å². The number of rotatable bonds is 3. The Bertz CT molecular complexity index is 439. The number of nitrogens with zero attached hydrogens (tertiary/aromatic N) is 1. The standard InChI is InChI=1S/C13H17ClN2O2/c1-9-12(15)5-6-16(9)13(17)8-18-11-4-2-3-10(14)7-11/h2-4,7,9,12H,5-6,8,15H2,1H3. The first-order valence-electron chi connectivity index (χ1n) is 6.01. The molecule has 0 spiro atoms. The maximum absolute atomic E-state index is 12.0. The van der Waals surface area contributed by atoms with Gasteiger partial charge in [-0.2, -0.15) is 0 Å². The van der Waals surface area contributed by atoms with Crippen molar-refractivity contribution >= 4 is 17.5 Å². The first kappa shape index (κ1) is 13.2. The van der Waals surface area contributed by atoms with Crippen LogP contribution in [0.2, 0.25) is 5.02 Å². The summed E-state index contributed by atoms with van der Waals surface area (Å²) in [4.78, 5) is 13.7. The van der Waals surface area contributed by atoms with Crippen LogP contribution in [0.4, 0.5) is 0 Å². The molecule has 1 amide bonds. The maximum atomic E-state index is 12.0. The number of hydrogen-bond donors (Lipinski definition) is 1. The van der Waals surface area contributed by atoms with Gasteiger partial charge in [-0.1, -0.05) is 17.7 Å². The van der Waals surface area contributed by atoms with Crippen LogP contribution in [0.1, 0.15) is 13.3 Å². The van der Waals surface area contributed by atoms with Crippen LogP contribution in [0.15, 0.2) is 24.3 Å². The molecule has 0 radical (unpaired) electrons. The van der Waals surface area contributed by atoms with Crippen LogP contribution in [0.3, 0.4) is 0 Å². The lowest BCUT2D eigenvalue weighted by Crippen LogP contribution is -2.42. The second kappa shape index (κ2) is 5.59. The van der Waals surface area contributed by atoms with Crippen molar-refractivity contribution in [2.45, 2.75) is 25.4 Å². The van der Waals surface area contributed by atoms with E-state index in [1.807, 2.05) is 6.92 Å². The smallest absolute Gasteiger partial charge is 0.260 e. The second-order valence-electron chi connectivity index (χ2n) is 4.53. The van der Waals surface area contributed by atoms with E-state index in [1.165, 1.54) is 0 Å². The summed E-state index contributed by atoms with van der Waals surface area (Å²) in [5.41, 5.74) is 5.88. The predicted molar refractivity (Wildman–Crippen MR) is 70.7 cm³/mol. The first-order valence-corrected chi connectivity index (χ1v) is 6.39. The molecule has 2 atom stereocenters. The Kier molecular flexibility index (Phi) is 4.09. The molecule has 2 unspecified atom stereocenters. The van der Waals surface area contributed by atoms with Gasteiger partial charge in [0.15, 0.2) is 6.61 Å². The zero-order valence-electron chi connectivity index (χ0n) is 10.3. The lowest BCUT2D eigenvalue weighted by atomic mass is 10.2. The van der Waals surface area contributed by atoms with Gasteiger partial charge in [-0.05, 0) is 31.5 Å². The average molecular weight is 269 g/mol. The predicted octanol–water partition coefficient (Wildman–Crippen LogP) is 1.67. The number of nitrogens with two attached hydrogens (primary N) is 1. The van der Waals surface area contributed by atoms with Gasteiger partial charge in [0.2, 0.25) is 0 Å². The summed E-state index contributed by atoms with van der Waals surface area (Å²) in [6, 6.07) is 7.17. The topological polar surface area (TPSA) is 55.6 Å². The zero-order chi connectivity index (χ0) is 13.1. The van der Waals surface area contributed by atoms with Gasteiger partial charge in [0.1, 0.15) is 5.75 Å². The highest BCUT2D eigenvalue weighted by Crippen LogP contribution is 2.19. The number of carbonyl (C=O) groups is 1. The summed E-state index contributed by atoms with van der Waals surface area (Å²) in [6.45, 7) is 2.70. The van der Waals surface area contributed by atoms with Gasteiger partial charge in [-0.15, -0.1) is 0 Å². The van der Waals surface area contributed by atoms with Crippen LogP contribution < -0.4 is 10.5 Å². The molecule has 1 aliphatic heterocycles. The molecule has 18 heavy (non-hydrogen) atoms. The largest absolute Gasteiger partial charge is 0.484 e. The quantitative estimate of drug-likeness (QED) is 0.907. The van der Waals surface area contributed by atoms with Crippen LogP contribution in [0, 0.1) is 0 Å². The van der Waals surface area contributed by atoms with Crippen molar-refractivity contribution in [1.29, 1.82) is 0 Å². The molecule has 1 aliphatic rings. The maximum Gasteiger partial charge on any atom is 0.260 e. The fraction of sp³-hybridized carbons (Fsp3) is 0.462. The van der Waals surface area contributed by atoms with Gasteiger partial charge >= 0.3 is 0 Å². The third-order valence-corrected chi connectivity index (χ3v) is 3.53. The fourth-order valence-electron chi connectivity index (χ4n) is 2.10. The van der Waals surface area contributed by atoms with Crippen molar-refractivity contribution in [2.75, 3.05) is 13.2 Å². The monoisotopic (exact) mass is 268 g/mol. The Hall–Kier alpha value is -1.26. The Morgan fingerprint density at radius 3 is 3.00 bits per heavy atom. The Labute approximate surface area is 112 Å². The summed E-state index contributed by atoms with van der Waals surface area (Å²) >= 11 is 5.84. The number of ether oxygens (including phenoxy) is 1. The molecule has 1 saturated heterocycles. The Balaban J connectivity index is 1.89. The SMILES string of the molecule is CC1C(N)CCN1C(=O)COc1cccc(Cl)c1. The molecule has 0 aliphatic carbocycles. The summed E-state index contributed by atoms with van der Waals surface area (Å²) < 4.78 is 5.43. The van der Waals surface area contributed by atoms with E-state index in [9.17, 15) is 4.79 Å². The minimum Gasteiger partial charge on any atom is -0.484 e. The molecule has 0 saturated carbocycles. The van der Waals surface area contributed by atoms with Gasteiger partial charge < -0.3 is 15.4 Å². The fourth-order valence-corrected chi connectivity index (χ4v) is 2.28. The Morgan fingerprint density at radius 2 is 2.39 bits per heavy atom. The summed E-state index contributed by atoms with van der Waals surface area (Å²) in [6.07, 6.45) is 0.851. The molecule has 1 aromatic rings. The molecule has 1 aromatic carbocycles. The molecule has 2 N–H and O–H groups in total. The molecule has 1 heterocycles. The van der Waals surface area contributed by atoms with Crippen molar-refractivity contribution in [3.05, 3.63) is 29.3 Å². The number of hydrogen-bond acceptors (Lipinski definition) is 3. The minimum absolute atomic E-state index is 0.0252. The summed E-state index contributed by atoms with van der Waals surface area (Å²) in [7, 11) is 0. The normalized spacial score (nSPS) is 23.2. The van der Waals surface area contributed by atoms with Crippen LogP contribution in [0.25, 0.3) is 0 Å². The highest BCUT2D eigenvalue weighted by Gasteiger charge is 2.31. The van der Waals surface area contributed by atoms with Gasteiger partial charge in [-0.25, -0.2) is 0 Å². The van der Waals surface area contributed by atoms with E-state index in [4.69, 9.17) is 22.1 Å². The Morgan fingerprint density at radius 1 is 1.61 bits per heavy atom. The molecule has 0 bridgehead atoms. The van der Waals surface area contributed by atoms with E-state index >= 15 is 0 Å². The number of benzene rings is 1. The third-order valence-electron chi connectivity index (χ3n) is 3.29. The number of likely N-dealkylation sites (tertiary alicyclic amines) is 1. The van der Waals surface area contributed by atoms with Gasteiger partial charge in [0.25, 0.3) is 5.91 Å². The van der Waals surface area contributed by atoms with Crippen LogP contribution in [-0.4, -0.2) is 36.0 Å². The van der Waals surface area contributed by atoms with Crippen LogP contribution in [0.5, 0.6) is 5.75 Å². The van der Waals surface area contributed by atoms with Crippen molar-refractivity contribution in [2.24, 2.45) is 5.73 Å². The van der Waals surface area contributed by atoms with Crippen molar-refractivity contribution in [3.63, 3.8) is 0 Å². The molecule has 98 valence electrons.